The lowest BCUT2D eigenvalue weighted by atomic mass is 10.5. The Hall–Kier alpha value is -1.20. The van der Waals surface area contributed by atoms with E-state index in [1.807, 2.05) is 0 Å². The molecule has 0 aliphatic rings. The molecule has 0 aliphatic heterocycles. The van der Waals surface area contributed by atoms with E-state index in [4.69, 9.17) is 0 Å². The Bertz CT molecular complexity index is 126. The van der Waals surface area contributed by atoms with Crippen LogP contribution >= 0.6 is 0 Å². The van der Waals surface area contributed by atoms with Gasteiger partial charge in [0, 0.05) is 23.2 Å². The van der Waals surface area contributed by atoms with Crippen molar-refractivity contribution in [1.82, 2.24) is 0 Å². The van der Waals surface area contributed by atoms with Gasteiger partial charge >= 0.3 is 0 Å². The van der Waals surface area contributed by atoms with Crippen molar-refractivity contribution in [2.45, 2.75) is 20.3 Å². The van der Waals surface area contributed by atoms with Gasteiger partial charge in [-0.1, -0.05) is 6.92 Å². The van der Waals surface area contributed by atoms with Crippen LogP contribution in [0.25, 0.3) is 0 Å². The van der Waals surface area contributed by atoms with Crippen molar-refractivity contribution in [2.24, 2.45) is 0 Å². The maximum atomic E-state index is 9.40. The van der Waals surface area contributed by atoms with E-state index in [-0.39, 0.29) is 22.9 Å². The van der Waals surface area contributed by atoms with Gasteiger partial charge in [0.25, 0.3) is 0 Å². The molecule has 0 bridgehead atoms. The quantitative estimate of drug-likeness (QED) is 0.459. The summed E-state index contributed by atoms with van der Waals surface area (Å²) in [6.45, 7) is 3.41. The lowest BCUT2D eigenvalue weighted by molar-refractivity contribution is -0.479. The number of nitrogens with zero attached hydrogens (tertiary/aromatic N) is 2. The van der Waals surface area contributed by atoms with Crippen LogP contribution in [-0.4, -0.2) is 22.9 Å². The van der Waals surface area contributed by atoms with Crippen LogP contribution in [-0.2, 0) is 0 Å². The van der Waals surface area contributed by atoms with Crippen LogP contribution in [0, 0.1) is 20.2 Å². The summed E-state index contributed by atoms with van der Waals surface area (Å²) in [7, 11) is 0. The third-order valence-electron chi connectivity index (χ3n) is 0.664. The molecule has 0 saturated heterocycles. The minimum Gasteiger partial charge on any atom is -0.265 e. The Morgan fingerprint density at radius 2 is 1.45 bits per heavy atom. The molecule has 0 fully saturated rings. The SMILES string of the molecule is CCC[N+](=O)[O-].CC[N+](=O)[O-]. The molecule has 0 radical (unpaired) electrons. The topological polar surface area (TPSA) is 86.3 Å². The molecule has 0 N–H and O–H groups in total. The molecule has 0 aliphatic carbocycles. The molecule has 0 rings (SSSR count). The highest BCUT2D eigenvalue weighted by atomic mass is 16.6. The zero-order chi connectivity index (χ0) is 9.28. The van der Waals surface area contributed by atoms with Crippen molar-refractivity contribution in [3.63, 3.8) is 0 Å². The summed E-state index contributed by atoms with van der Waals surface area (Å²) < 4.78 is 0. The minimum absolute atomic E-state index is 0.0278. The van der Waals surface area contributed by atoms with Gasteiger partial charge in [0.2, 0.25) is 13.1 Å². The average molecular weight is 164 g/mol. The molecule has 6 heteroatoms. The summed E-state index contributed by atoms with van der Waals surface area (Å²) in [6.07, 6.45) is 0.632. The maximum absolute atomic E-state index is 9.40. The van der Waals surface area contributed by atoms with Crippen molar-refractivity contribution in [1.29, 1.82) is 0 Å². The van der Waals surface area contributed by atoms with Gasteiger partial charge < -0.3 is 0 Å². The summed E-state index contributed by atoms with van der Waals surface area (Å²) in [5.74, 6) is 0. The largest absolute Gasteiger partial charge is 0.265 e. The van der Waals surface area contributed by atoms with Gasteiger partial charge in [-0.2, -0.15) is 0 Å². The second-order valence-electron chi connectivity index (χ2n) is 1.71. The van der Waals surface area contributed by atoms with Gasteiger partial charge in [0.15, 0.2) is 0 Å². The van der Waals surface area contributed by atoms with Gasteiger partial charge in [-0.3, -0.25) is 20.2 Å². The first-order valence-corrected chi connectivity index (χ1v) is 3.28. The highest BCUT2D eigenvalue weighted by molar-refractivity contribution is 4.18. The third kappa shape index (κ3) is 28.2. The second-order valence-corrected chi connectivity index (χ2v) is 1.71. The summed E-state index contributed by atoms with van der Waals surface area (Å²) in [6, 6.07) is 0. The van der Waals surface area contributed by atoms with Gasteiger partial charge in [-0.15, -0.1) is 0 Å². The fourth-order valence-corrected chi connectivity index (χ4v) is 0.183. The zero-order valence-corrected chi connectivity index (χ0v) is 6.65. The highest BCUT2D eigenvalue weighted by Gasteiger charge is 1.85. The molecule has 0 aromatic carbocycles. The molecule has 0 aromatic rings. The molecule has 0 saturated carbocycles. The molecule has 0 heterocycles. The van der Waals surface area contributed by atoms with Crippen LogP contribution in [0.15, 0.2) is 0 Å². The number of nitro groups is 2. The lowest BCUT2D eigenvalue weighted by Gasteiger charge is -1.80. The number of rotatable bonds is 3. The Balaban J connectivity index is 0. The van der Waals surface area contributed by atoms with Crippen molar-refractivity contribution in [2.75, 3.05) is 13.1 Å². The van der Waals surface area contributed by atoms with Crippen molar-refractivity contribution in [3.05, 3.63) is 20.2 Å². The molecule has 0 unspecified atom stereocenters. The molecule has 0 spiro atoms. The van der Waals surface area contributed by atoms with Crippen LogP contribution in [0.5, 0.6) is 0 Å². The fraction of sp³-hybridized carbons (Fsp3) is 1.00. The monoisotopic (exact) mass is 164 g/mol. The summed E-state index contributed by atoms with van der Waals surface area (Å²) >= 11 is 0. The fourth-order valence-electron chi connectivity index (χ4n) is 0.183. The Morgan fingerprint density at radius 3 is 1.45 bits per heavy atom. The number of hydrogen-bond donors (Lipinski definition) is 0. The van der Waals surface area contributed by atoms with E-state index in [2.05, 4.69) is 0 Å². The molecule has 6 nitrogen and oxygen atoms in total. The van der Waals surface area contributed by atoms with Crippen molar-refractivity contribution >= 4 is 0 Å². The first-order valence-electron chi connectivity index (χ1n) is 3.28. The second kappa shape index (κ2) is 8.80. The van der Waals surface area contributed by atoms with E-state index < -0.39 is 0 Å². The Kier molecular flexibility index (Phi) is 9.98. The van der Waals surface area contributed by atoms with E-state index in [1.54, 1.807) is 6.92 Å². The van der Waals surface area contributed by atoms with E-state index in [0.717, 1.165) is 0 Å². The predicted molar refractivity (Wildman–Crippen MR) is 39.7 cm³/mol. The van der Waals surface area contributed by atoms with Crippen LogP contribution < -0.4 is 0 Å². The number of hydrogen-bond acceptors (Lipinski definition) is 4. The van der Waals surface area contributed by atoms with Crippen LogP contribution in [0.4, 0.5) is 0 Å². The maximum Gasteiger partial charge on any atom is 0.203 e. The molecular formula is C5H12N2O4. The van der Waals surface area contributed by atoms with Gasteiger partial charge in [-0.25, -0.2) is 0 Å². The van der Waals surface area contributed by atoms with E-state index in [0.29, 0.717) is 6.42 Å². The van der Waals surface area contributed by atoms with Crippen LogP contribution in [0.1, 0.15) is 20.3 Å². The Morgan fingerprint density at radius 1 is 1.09 bits per heavy atom. The molecular weight excluding hydrogens is 152 g/mol. The van der Waals surface area contributed by atoms with Gasteiger partial charge in [0.05, 0.1) is 0 Å². The van der Waals surface area contributed by atoms with Crippen molar-refractivity contribution in [3.8, 4) is 0 Å². The Labute approximate surface area is 64.5 Å². The average Bonchev–Trinajstić information content (AvgIpc) is 1.89. The first kappa shape index (κ1) is 12.5. The van der Waals surface area contributed by atoms with Crippen LogP contribution in [0.3, 0.4) is 0 Å². The normalized spacial score (nSPS) is 7.82. The first-order chi connectivity index (χ1) is 5.04. The lowest BCUT2D eigenvalue weighted by Crippen LogP contribution is -1.96. The van der Waals surface area contributed by atoms with Gasteiger partial charge in [0.1, 0.15) is 0 Å². The van der Waals surface area contributed by atoms with Gasteiger partial charge in [-0.05, 0) is 0 Å². The molecule has 66 valence electrons. The predicted octanol–water partition coefficient (Wildman–Crippen LogP) is 0.956. The molecule has 0 amide bonds. The molecule has 0 aromatic heterocycles. The zero-order valence-electron chi connectivity index (χ0n) is 6.65. The minimum atomic E-state index is -0.375. The van der Waals surface area contributed by atoms with E-state index >= 15 is 0 Å². The summed E-state index contributed by atoms with van der Waals surface area (Å²) in [5.41, 5.74) is 0. The summed E-state index contributed by atoms with van der Waals surface area (Å²) in [5, 5.41) is 18.6. The van der Waals surface area contributed by atoms with Crippen LogP contribution in [0.2, 0.25) is 0 Å². The molecule has 0 atom stereocenters. The van der Waals surface area contributed by atoms with E-state index in [9.17, 15) is 20.2 Å². The van der Waals surface area contributed by atoms with E-state index in [1.165, 1.54) is 6.92 Å². The highest BCUT2D eigenvalue weighted by Crippen LogP contribution is 1.72. The standard InChI is InChI=1S/C3H7NO2.C2H5NO2/c1-2-3-4(5)6;1-2-3(4)5/h2-3H2,1H3;2H2,1H3. The van der Waals surface area contributed by atoms with Crippen molar-refractivity contribution < 1.29 is 9.85 Å². The third-order valence-corrected chi connectivity index (χ3v) is 0.664. The smallest absolute Gasteiger partial charge is 0.203 e. The molecule has 11 heavy (non-hydrogen) atoms. The summed E-state index contributed by atoms with van der Waals surface area (Å²) in [4.78, 5) is 17.9.